The molecule has 0 aliphatic rings. The van der Waals surface area contributed by atoms with Gasteiger partial charge in [0.1, 0.15) is 23.3 Å². The molecule has 11 heteroatoms. The minimum absolute atomic E-state index is 0.195. The SMILES string of the molecule is CCC(C(=O)Nc1c(C)csc1C(=O)OC)[P+](CC)(CC)CC(=O)Nc1c(C)csc1C(=O)CO. The van der Waals surface area contributed by atoms with Gasteiger partial charge in [-0.15, -0.1) is 22.7 Å². The van der Waals surface area contributed by atoms with Crippen LogP contribution in [0.25, 0.3) is 0 Å². The van der Waals surface area contributed by atoms with Gasteiger partial charge in [-0.05, 0) is 56.0 Å². The molecule has 2 amide bonds. The number of ether oxygens (including phenoxy) is 1. The molecular weight excluding hydrogens is 507 g/mol. The van der Waals surface area contributed by atoms with E-state index in [9.17, 15) is 24.3 Å². The maximum atomic E-state index is 13.5. The number of carbonyl (C=O) groups excluding carboxylic acids is 4. The van der Waals surface area contributed by atoms with Gasteiger partial charge in [-0.25, -0.2) is 4.79 Å². The fourth-order valence-corrected chi connectivity index (χ4v) is 10.1. The lowest BCUT2D eigenvalue weighted by atomic mass is 10.2. The molecule has 0 fully saturated rings. The molecule has 0 saturated carbocycles. The molecule has 0 spiro atoms. The third-order valence-electron chi connectivity index (χ3n) is 6.30. The Morgan fingerprint density at radius 2 is 1.51 bits per heavy atom. The molecule has 0 saturated heterocycles. The predicted octanol–water partition coefficient (Wildman–Crippen LogP) is 4.80. The fourth-order valence-electron chi connectivity index (χ4n) is 4.21. The van der Waals surface area contributed by atoms with Crippen LogP contribution in [0.4, 0.5) is 11.4 Å². The number of esters is 1. The van der Waals surface area contributed by atoms with Gasteiger partial charge in [0.05, 0.1) is 35.7 Å². The summed E-state index contributed by atoms with van der Waals surface area (Å²) in [5.74, 6) is -1.39. The molecule has 1 atom stereocenters. The van der Waals surface area contributed by atoms with Crippen LogP contribution in [-0.4, -0.2) is 66.5 Å². The molecule has 2 aromatic heterocycles. The molecule has 0 bridgehead atoms. The smallest absolute Gasteiger partial charge is 0.350 e. The Bertz CT molecular complexity index is 1090. The van der Waals surface area contributed by atoms with Crippen molar-refractivity contribution < 1.29 is 29.0 Å². The molecule has 35 heavy (non-hydrogen) atoms. The van der Waals surface area contributed by atoms with Crippen LogP contribution in [0.2, 0.25) is 0 Å². The summed E-state index contributed by atoms with van der Waals surface area (Å²) in [5.41, 5.74) is 2.04. The van der Waals surface area contributed by atoms with Gasteiger partial charge >= 0.3 is 5.97 Å². The van der Waals surface area contributed by atoms with Gasteiger partial charge in [-0.1, -0.05) is 6.92 Å². The lowest BCUT2D eigenvalue weighted by Crippen LogP contribution is -2.36. The van der Waals surface area contributed by atoms with Gasteiger partial charge in [0.2, 0.25) is 0 Å². The molecular formula is C24H34N2O6PS2+. The highest BCUT2D eigenvalue weighted by atomic mass is 32.1. The zero-order valence-electron chi connectivity index (χ0n) is 21.0. The summed E-state index contributed by atoms with van der Waals surface area (Å²) in [6.07, 6.45) is 2.14. The van der Waals surface area contributed by atoms with E-state index in [0.717, 1.165) is 11.1 Å². The molecule has 3 N–H and O–H groups in total. The van der Waals surface area contributed by atoms with E-state index in [1.165, 1.54) is 29.8 Å². The van der Waals surface area contributed by atoms with E-state index in [4.69, 9.17) is 4.74 Å². The summed E-state index contributed by atoms with van der Waals surface area (Å²) >= 11 is 2.41. The monoisotopic (exact) mass is 541 g/mol. The number of thiophene rings is 2. The Balaban J connectivity index is 2.30. The van der Waals surface area contributed by atoms with Gasteiger partial charge in [0.15, 0.2) is 5.78 Å². The first kappa shape index (κ1) is 29.1. The van der Waals surface area contributed by atoms with Crippen LogP contribution in [0.1, 0.15) is 57.7 Å². The van der Waals surface area contributed by atoms with Crippen LogP contribution < -0.4 is 10.6 Å². The second-order valence-electron chi connectivity index (χ2n) is 8.29. The average molecular weight is 542 g/mol. The van der Waals surface area contributed by atoms with Crippen molar-refractivity contribution in [2.45, 2.75) is 46.7 Å². The quantitative estimate of drug-likeness (QED) is 0.202. The second-order valence-corrected chi connectivity index (χ2v) is 14.7. The molecule has 8 nitrogen and oxygen atoms in total. The average Bonchev–Trinajstić information content (AvgIpc) is 3.39. The van der Waals surface area contributed by atoms with Crippen molar-refractivity contribution in [3.05, 3.63) is 31.6 Å². The van der Waals surface area contributed by atoms with Crippen molar-refractivity contribution >= 4 is 64.9 Å². The van der Waals surface area contributed by atoms with Crippen molar-refractivity contribution in [1.29, 1.82) is 0 Å². The molecule has 1 unspecified atom stereocenters. The predicted molar refractivity (Wildman–Crippen MR) is 145 cm³/mol. The van der Waals surface area contributed by atoms with Gasteiger partial charge < -0.3 is 20.5 Å². The van der Waals surface area contributed by atoms with Crippen LogP contribution in [0.15, 0.2) is 10.8 Å². The molecule has 0 aliphatic heterocycles. The number of amides is 2. The second kappa shape index (κ2) is 12.7. The highest BCUT2D eigenvalue weighted by Crippen LogP contribution is 2.63. The van der Waals surface area contributed by atoms with E-state index in [2.05, 4.69) is 10.6 Å². The lowest BCUT2D eigenvalue weighted by Gasteiger charge is -2.31. The number of aliphatic hydroxyl groups excluding tert-OH is 1. The number of ketones is 1. The number of anilines is 2. The van der Waals surface area contributed by atoms with Crippen LogP contribution in [-0.2, 0) is 14.3 Å². The number of carbonyl (C=O) groups is 4. The number of aryl methyl sites for hydroxylation is 2. The molecule has 192 valence electrons. The minimum atomic E-state index is -2.11. The molecule has 0 aliphatic carbocycles. The number of nitrogens with one attached hydrogen (secondary N) is 2. The Kier molecular flexibility index (Phi) is 10.6. The number of Topliss-reactive ketones (excluding diaryl/α,β-unsaturated/α-hetero) is 1. The Morgan fingerprint density at radius 3 is 2.00 bits per heavy atom. The van der Waals surface area contributed by atoms with Crippen molar-refractivity contribution in [3.63, 3.8) is 0 Å². The van der Waals surface area contributed by atoms with Gasteiger partial charge in [-0.3, -0.25) is 14.4 Å². The highest BCUT2D eigenvalue weighted by molar-refractivity contribution is 7.78. The number of hydrogen-bond acceptors (Lipinski definition) is 8. The van der Waals surface area contributed by atoms with Crippen molar-refractivity contribution in [1.82, 2.24) is 0 Å². The molecule has 2 rings (SSSR count). The standard InChI is InChI=1S/C24H33N2O6PS2/c1-7-17(23(30)26-20-15(5)13-35-22(20)24(31)32-6)33(8-2,9-3)11-18(29)25-19-14(4)12-34-21(19)16(28)10-27/h12-13,17,27H,7-11H2,1-6H3,(H-,25,26,28,29,30,31)/p+1. The number of hydrogen-bond donors (Lipinski definition) is 3. The normalized spacial score (nSPS) is 12.2. The summed E-state index contributed by atoms with van der Waals surface area (Å²) in [4.78, 5) is 51.6. The lowest BCUT2D eigenvalue weighted by molar-refractivity contribution is -0.115. The number of aliphatic hydroxyl groups is 1. The molecule has 2 heterocycles. The summed E-state index contributed by atoms with van der Waals surface area (Å²) in [7, 11) is -0.805. The largest absolute Gasteiger partial charge is 0.465 e. The maximum absolute atomic E-state index is 13.5. The maximum Gasteiger partial charge on any atom is 0.350 e. The van der Waals surface area contributed by atoms with Gasteiger partial charge in [0, 0.05) is 7.26 Å². The Morgan fingerprint density at radius 1 is 0.971 bits per heavy atom. The third kappa shape index (κ3) is 6.36. The van der Waals surface area contributed by atoms with Crippen LogP contribution in [0, 0.1) is 13.8 Å². The van der Waals surface area contributed by atoms with Gasteiger partial charge in [-0.2, -0.15) is 0 Å². The summed E-state index contributed by atoms with van der Waals surface area (Å²) in [5, 5.41) is 18.7. The van der Waals surface area contributed by atoms with Crippen molar-refractivity contribution in [3.8, 4) is 0 Å². The topological polar surface area (TPSA) is 122 Å². The van der Waals surface area contributed by atoms with E-state index >= 15 is 0 Å². The zero-order chi connectivity index (χ0) is 26.3. The molecule has 2 aromatic rings. The first-order valence-electron chi connectivity index (χ1n) is 11.4. The van der Waals surface area contributed by atoms with Crippen LogP contribution in [0.5, 0.6) is 0 Å². The van der Waals surface area contributed by atoms with E-state index in [1.807, 2.05) is 27.7 Å². The molecule has 0 aromatic carbocycles. The van der Waals surface area contributed by atoms with Crippen LogP contribution >= 0.6 is 29.9 Å². The highest BCUT2D eigenvalue weighted by Gasteiger charge is 2.48. The zero-order valence-corrected chi connectivity index (χ0v) is 23.5. The first-order valence-corrected chi connectivity index (χ1v) is 15.6. The van der Waals surface area contributed by atoms with Crippen molar-refractivity contribution in [2.24, 2.45) is 0 Å². The van der Waals surface area contributed by atoms with E-state index in [-0.39, 0.29) is 23.6 Å². The summed E-state index contributed by atoms with van der Waals surface area (Å²) in [6.45, 7) is 8.94. The fraction of sp³-hybridized carbons (Fsp3) is 0.500. The first-order chi connectivity index (χ1) is 16.6. The summed E-state index contributed by atoms with van der Waals surface area (Å²) in [6, 6.07) is 0. The van der Waals surface area contributed by atoms with E-state index in [1.54, 1.807) is 17.7 Å². The Labute approximate surface area is 214 Å². The minimum Gasteiger partial charge on any atom is -0.465 e. The Hall–Kier alpha value is -2.13. The van der Waals surface area contributed by atoms with E-state index in [0.29, 0.717) is 39.9 Å². The van der Waals surface area contributed by atoms with Gasteiger partial charge in [0.25, 0.3) is 11.8 Å². The number of methoxy groups -OCH3 is 1. The molecule has 0 radical (unpaired) electrons. The summed E-state index contributed by atoms with van der Waals surface area (Å²) < 4.78 is 4.85. The van der Waals surface area contributed by atoms with E-state index < -0.39 is 25.6 Å². The number of rotatable bonds is 12. The third-order valence-corrected chi connectivity index (χ3v) is 13.9. The van der Waals surface area contributed by atoms with Crippen LogP contribution in [0.3, 0.4) is 0 Å². The van der Waals surface area contributed by atoms with Crippen molar-refractivity contribution in [2.75, 3.05) is 42.8 Å².